The maximum Gasteiger partial charge on any atom is 0.226 e. The highest BCUT2D eigenvalue weighted by Gasteiger charge is 2.41. The zero-order valence-corrected chi connectivity index (χ0v) is 24.9. The normalized spacial score (nSPS) is 16.8. The van der Waals surface area contributed by atoms with E-state index in [0.29, 0.717) is 18.1 Å². The van der Waals surface area contributed by atoms with E-state index in [1.165, 1.54) is 33.6 Å². The maximum absolute atomic E-state index is 13.0. The predicted molar refractivity (Wildman–Crippen MR) is 166 cm³/mol. The fourth-order valence-corrected chi connectivity index (χ4v) is 6.36. The molecule has 7 heteroatoms. The Morgan fingerprint density at radius 3 is 2.30 bits per heavy atom. The molecule has 1 aliphatic heterocycles. The standard InChI is InChI=1S/C33H37N5OS/c1-20-10-12-26(13-11-20)35-29(39)14-16-37-32(30(36-33(37)40)28-9-7-8-15-34-28)27-19-24(5)38(25(27)6)31-22(3)17-21(2)18-23(31)4/h7-13,15,17-19,30,32H,14,16H2,1-6H3,(H,35,39)(H,36,40). The van der Waals surface area contributed by atoms with Gasteiger partial charge in [0.25, 0.3) is 0 Å². The van der Waals surface area contributed by atoms with Crippen LogP contribution in [0.5, 0.6) is 0 Å². The van der Waals surface area contributed by atoms with Crippen LogP contribution in [0.3, 0.4) is 0 Å². The van der Waals surface area contributed by atoms with Gasteiger partial charge in [-0.25, -0.2) is 0 Å². The first-order chi connectivity index (χ1) is 19.1. The van der Waals surface area contributed by atoms with E-state index in [2.05, 4.69) is 77.9 Å². The molecule has 0 radical (unpaired) electrons. The number of thiocarbonyl (C=S) groups is 1. The molecular formula is C33H37N5OS. The highest BCUT2D eigenvalue weighted by molar-refractivity contribution is 7.80. The molecule has 2 aromatic carbocycles. The van der Waals surface area contributed by atoms with Gasteiger partial charge in [0, 0.05) is 36.2 Å². The molecule has 2 N–H and O–H groups in total. The Morgan fingerprint density at radius 1 is 0.950 bits per heavy atom. The molecule has 6 nitrogen and oxygen atoms in total. The number of benzene rings is 2. The van der Waals surface area contributed by atoms with Crippen molar-refractivity contribution >= 4 is 28.9 Å². The van der Waals surface area contributed by atoms with Gasteiger partial charge in [-0.2, -0.15) is 0 Å². The second kappa shape index (κ2) is 11.3. The number of aromatic nitrogens is 2. The minimum atomic E-state index is -0.136. The van der Waals surface area contributed by atoms with E-state index in [9.17, 15) is 4.79 Å². The molecule has 2 unspecified atom stereocenters. The van der Waals surface area contributed by atoms with Gasteiger partial charge in [-0.1, -0.05) is 41.5 Å². The summed E-state index contributed by atoms with van der Waals surface area (Å²) in [5.74, 6) is -0.0388. The predicted octanol–water partition coefficient (Wildman–Crippen LogP) is 6.72. The number of nitrogens with zero attached hydrogens (tertiary/aromatic N) is 3. The van der Waals surface area contributed by atoms with E-state index in [1.54, 1.807) is 0 Å². The molecule has 2 aromatic heterocycles. The second-order valence-electron chi connectivity index (χ2n) is 10.9. The molecule has 40 heavy (non-hydrogen) atoms. The number of pyridine rings is 1. The lowest BCUT2D eigenvalue weighted by Gasteiger charge is -2.28. The minimum absolute atomic E-state index is 0.0388. The van der Waals surface area contributed by atoms with Gasteiger partial charge in [-0.15, -0.1) is 0 Å². The van der Waals surface area contributed by atoms with E-state index in [4.69, 9.17) is 12.2 Å². The van der Waals surface area contributed by atoms with Crippen molar-refractivity contribution in [2.45, 2.75) is 60.0 Å². The third kappa shape index (κ3) is 5.39. The third-order valence-electron chi connectivity index (χ3n) is 7.76. The van der Waals surface area contributed by atoms with Crippen LogP contribution >= 0.6 is 12.2 Å². The summed E-state index contributed by atoms with van der Waals surface area (Å²) in [4.78, 5) is 19.8. The smallest absolute Gasteiger partial charge is 0.226 e. The van der Waals surface area contributed by atoms with Crippen molar-refractivity contribution in [1.29, 1.82) is 0 Å². The molecule has 206 valence electrons. The van der Waals surface area contributed by atoms with Crippen molar-refractivity contribution in [3.8, 4) is 5.69 Å². The van der Waals surface area contributed by atoms with Crippen LogP contribution in [-0.2, 0) is 4.79 Å². The Kier molecular flexibility index (Phi) is 7.76. The molecule has 0 bridgehead atoms. The molecule has 1 fully saturated rings. The van der Waals surface area contributed by atoms with Crippen molar-refractivity contribution in [3.63, 3.8) is 0 Å². The Labute approximate surface area is 242 Å². The summed E-state index contributed by atoms with van der Waals surface area (Å²) < 4.78 is 2.36. The van der Waals surface area contributed by atoms with Crippen LogP contribution in [0.4, 0.5) is 5.69 Å². The summed E-state index contributed by atoms with van der Waals surface area (Å²) in [6.45, 7) is 13.4. The topological polar surface area (TPSA) is 62.2 Å². The lowest BCUT2D eigenvalue weighted by molar-refractivity contribution is -0.116. The van der Waals surface area contributed by atoms with E-state index in [0.717, 1.165) is 22.6 Å². The Balaban J connectivity index is 1.50. The average molecular weight is 552 g/mol. The second-order valence-corrected chi connectivity index (χ2v) is 11.3. The zero-order chi connectivity index (χ0) is 28.6. The maximum atomic E-state index is 13.0. The van der Waals surface area contributed by atoms with Crippen LogP contribution in [0, 0.1) is 41.5 Å². The van der Waals surface area contributed by atoms with Gasteiger partial charge in [0.15, 0.2) is 5.11 Å². The summed E-state index contributed by atoms with van der Waals surface area (Å²) in [6.07, 6.45) is 2.13. The molecule has 0 spiro atoms. The molecule has 0 aliphatic carbocycles. The zero-order valence-electron chi connectivity index (χ0n) is 24.1. The summed E-state index contributed by atoms with van der Waals surface area (Å²) >= 11 is 5.87. The highest BCUT2D eigenvalue weighted by atomic mass is 32.1. The van der Waals surface area contributed by atoms with Crippen LogP contribution in [0.15, 0.2) is 66.9 Å². The van der Waals surface area contributed by atoms with Crippen LogP contribution in [0.2, 0.25) is 0 Å². The van der Waals surface area contributed by atoms with Crippen LogP contribution < -0.4 is 10.6 Å². The number of hydrogen-bond donors (Lipinski definition) is 2. The number of carbonyl (C=O) groups is 1. The first-order valence-electron chi connectivity index (χ1n) is 13.8. The number of hydrogen-bond acceptors (Lipinski definition) is 3. The van der Waals surface area contributed by atoms with Crippen LogP contribution in [0.1, 0.15) is 63.4 Å². The molecule has 0 saturated carbocycles. The van der Waals surface area contributed by atoms with Gasteiger partial charge in [-0.3, -0.25) is 9.78 Å². The molecule has 1 saturated heterocycles. The number of amides is 1. The fraction of sp³-hybridized carbons (Fsp3) is 0.303. The monoisotopic (exact) mass is 551 g/mol. The average Bonchev–Trinajstić information content (AvgIpc) is 3.39. The third-order valence-corrected chi connectivity index (χ3v) is 8.11. The van der Waals surface area contributed by atoms with Gasteiger partial charge < -0.3 is 20.1 Å². The fourth-order valence-electron chi connectivity index (χ4n) is 6.02. The molecule has 5 rings (SSSR count). The van der Waals surface area contributed by atoms with E-state index >= 15 is 0 Å². The first kappa shape index (κ1) is 27.6. The number of rotatable bonds is 7. The summed E-state index contributed by atoms with van der Waals surface area (Å²) in [7, 11) is 0. The highest BCUT2D eigenvalue weighted by Crippen LogP contribution is 2.42. The lowest BCUT2D eigenvalue weighted by Crippen LogP contribution is -2.32. The van der Waals surface area contributed by atoms with Crippen LogP contribution in [-0.4, -0.2) is 32.0 Å². The summed E-state index contributed by atoms with van der Waals surface area (Å²) in [6, 6.07) is 20.3. The Hall–Kier alpha value is -3.97. The Morgan fingerprint density at radius 2 is 1.65 bits per heavy atom. The molecular weight excluding hydrogens is 514 g/mol. The largest absolute Gasteiger partial charge is 0.352 e. The van der Waals surface area contributed by atoms with E-state index in [1.807, 2.05) is 55.6 Å². The van der Waals surface area contributed by atoms with E-state index < -0.39 is 0 Å². The number of nitrogens with one attached hydrogen (secondary N) is 2. The van der Waals surface area contributed by atoms with Gasteiger partial charge in [0.05, 0.1) is 23.5 Å². The lowest BCUT2D eigenvalue weighted by atomic mass is 9.96. The minimum Gasteiger partial charge on any atom is -0.352 e. The van der Waals surface area contributed by atoms with E-state index in [-0.39, 0.29) is 18.0 Å². The van der Waals surface area contributed by atoms with Crippen molar-refractivity contribution in [1.82, 2.24) is 19.8 Å². The number of anilines is 1. The van der Waals surface area contributed by atoms with Gasteiger partial charge in [-0.05, 0) is 101 Å². The molecule has 2 atom stereocenters. The van der Waals surface area contributed by atoms with Gasteiger partial charge in [0.1, 0.15) is 0 Å². The molecule has 3 heterocycles. The van der Waals surface area contributed by atoms with Gasteiger partial charge in [0.2, 0.25) is 5.91 Å². The van der Waals surface area contributed by atoms with Gasteiger partial charge >= 0.3 is 0 Å². The molecule has 4 aromatic rings. The number of carbonyl (C=O) groups excluding carboxylic acids is 1. The van der Waals surface area contributed by atoms with Crippen molar-refractivity contribution in [2.24, 2.45) is 0 Å². The quantitative estimate of drug-likeness (QED) is 0.250. The summed E-state index contributed by atoms with van der Waals surface area (Å²) in [5.41, 5.74) is 11.4. The van der Waals surface area contributed by atoms with Crippen molar-refractivity contribution in [3.05, 3.63) is 112 Å². The number of aryl methyl sites for hydroxylation is 5. The van der Waals surface area contributed by atoms with Crippen LogP contribution in [0.25, 0.3) is 5.69 Å². The SMILES string of the molecule is Cc1ccc(NC(=O)CCN2C(=S)NC(c3ccccn3)C2c2cc(C)n(-c3c(C)cc(C)cc3C)c2C)cc1. The molecule has 1 aliphatic rings. The van der Waals surface area contributed by atoms with Crippen molar-refractivity contribution < 1.29 is 4.79 Å². The Bertz CT molecular complexity index is 1530. The summed E-state index contributed by atoms with van der Waals surface area (Å²) in [5, 5.41) is 7.19. The molecule has 1 amide bonds. The first-order valence-corrected chi connectivity index (χ1v) is 14.2. The van der Waals surface area contributed by atoms with Crippen molar-refractivity contribution in [2.75, 3.05) is 11.9 Å².